The standard InChI is InChI=1S/C10H18ClN/c1-9(7-11)8-12-6-2-3-10-4-5-10/h7,10,12H,2-6,8H2,1H3. The fourth-order valence-corrected chi connectivity index (χ4v) is 1.32. The SMILES string of the molecule is CC(=CCl)CNCCCC1CC1. The van der Waals surface area contributed by atoms with E-state index in [1.165, 1.54) is 31.3 Å². The van der Waals surface area contributed by atoms with Gasteiger partial charge in [-0.1, -0.05) is 24.4 Å². The van der Waals surface area contributed by atoms with E-state index >= 15 is 0 Å². The Morgan fingerprint density at radius 2 is 2.33 bits per heavy atom. The van der Waals surface area contributed by atoms with Crippen molar-refractivity contribution in [2.75, 3.05) is 13.1 Å². The van der Waals surface area contributed by atoms with Gasteiger partial charge in [0.25, 0.3) is 0 Å². The van der Waals surface area contributed by atoms with Gasteiger partial charge in [-0.3, -0.25) is 0 Å². The van der Waals surface area contributed by atoms with Crippen molar-refractivity contribution >= 4 is 11.6 Å². The first-order valence-electron chi connectivity index (χ1n) is 4.79. The van der Waals surface area contributed by atoms with Crippen LogP contribution in [0.25, 0.3) is 0 Å². The molecule has 12 heavy (non-hydrogen) atoms. The minimum absolute atomic E-state index is 0.939. The molecule has 1 fully saturated rings. The molecule has 1 nitrogen and oxygen atoms in total. The summed E-state index contributed by atoms with van der Waals surface area (Å²) >= 11 is 5.52. The van der Waals surface area contributed by atoms with Crippen molar-refractivity contribution in [2.45, 2.75) is 32.6 Å². The topological polar surface area (TPSA) is 12.0 Å². The predicted octanol–water partition coefficient (Wildman–Crippen LogP) is 2.91. The van der Waals surface area contributed by atoms with Crippen LogP contribution in [0.5, 0.6) is 0 Å². The van der Waals surface area contributed by atoms with Crippen molar-refractivity contribution in [3.05, 3.63) is 11.1 Å². The Hall–Kier alpha value is -0.0100. The van der Waals surface area contributed by atoms with Crippen LogP contribution in [0, 0.1) is 5.92 Å². The van der Waals surface area contributed by atoms with Crippen molar-refractivity contribution < 1.29 is 0 Å². The molecule has 0 unspecified atom stereocenters. The van der Waals surface area contributed by atoms with E-state index in [1.54, 1.807) is 5.54 Å². The molecule has 1 N–H and O–H groups in total. The van der Waals surface area contributed by atoms with Crippen LogP contribution in [0.2, 0.25) is 0 Å². The van der Waals surface area contributed by atoms with Crippen LogP contribution in [0.4, 0.5) is 0 Å². The lowest BCUT2D eigenvalue weighted by Gasteiger charge is -2.03. The van der Waals surface area contributed by atoms with Gasteiger partial charge in [0, 0.05) is 12.1 Å². The molecule has 0 saturated heterocycles. The van der Waals surface area contributed by atoms with Crippen LogP contribution in [0.3, 0.4) is 0 Å². The van der Waals surface area contributed by atoms with Crippen LogP contribution in [-0.4, -0.2) is 13.1 Å². The summed E-state index contributed by atoms with van der Waals surface area (Å²) in [5.74, 6) is 1.07. The summed E-state index contributed by atoms with van der Waals surface area (Å²) < 4.78 is 0. The molecule has 1 rings (SSSR count). The van der Waals surface area contributed by atoms with E-state index < -0.39 is 0 Å². The second-order valence-corrected chi connectivity index (χ2v) is 3.94. The minimum Gasteiger partial charge on any atom is -0.313 e. The quantitative estimate of drug-likeness (QED) is 0.631. The van der Waals surface area contributed by atoms with E-state index in [4.69, 9.17) is 11.6 Å². The molecule has 0 aromatic rings. The first-order chi connectivity index (χ1) is 5.83. The molecule has 0 heterocycles. The van der Waals surface area contributed by atoms with Crippen molar-refractivity contribution in [1.29, 1.82) is 0 Å². The number of hydrogen-bond acceptors (Lipinski definition) is 1. The summed E-state index contributed by atoms with van der Waals surface area (Å²) in [4.78, 5) is 0. The highest BCUT2D eigenvalue weighted by Crippen LogP contribution is 2.33. The number of hydrogen-bond donors (Lipinski definition) is 1. The molecule has 0 atom stereocenters. The molecule has 0 aromatic carbocycles. The van der Waals surface area contributed by atoms with Gasteiger partial charge in [-0.2, -0.15) is 0 Å². The van der Waals surface area contributed by atoms with E-state index in [0.29, 0.717) is 0 Å². The molecule has 1 saturated carbocycles. The lowest BCUT2D eigenvalue weighted by atomic mass is 10.2. The molecule has 0 amide bonds. The molecule has 0 spiro atoms. The number of halogens is 1. The normalized spacial score (nSPS) is 18.3. The van der Waals surface area contributed by atoms with E-state index in [1.807, 2.05) is 6.92 Å². The summed E-state index contributed by atoms with van der Waals surface area (Å²) in [5, 5.41) is 3.37. The summed E-state index contributed by atoms with van der Waals surface area (Å²) in [5.41, 5.74) is 2.86. The second-order valence-electron chi connectivity index (χ2n) is 3.72. The monoisotopic (exact) mass is 187 g/mol. The van der Waals surface area contributed by atoms with Crippen LogP contribution in [0.1, 0.15) is 32.6 Å². The second kappa shape index (κ2) is 5.60. The van der Waals surface area contributed by atoms with Gasteiger partial charge in [0.05, 0.1) is 0 Å². The molecule has 1 aliphatic rings. The molecule has 2 heteroatoms. The maximum Gasteiger partial charge on any atom is 0.0173 e. The van der Waals surface area contributed by atoms with Crippen molar-refractivity contribution in [3.8, 4) is 0 Å². The largest absolute Gasteiger partial charge is 0.313 e. The number of nitrogens with one attached hydrogen (secondary N) is 1. The van der Waals surface area contributed by atoms with Crippen molar-refractivity contribution in [3.63, 3.8) is 0 Å². The Morgan fingerprint density at radius 1 is 1.58 bits per heavy atom. The number of rotatable bonds is 6. The molecule has 1 aliphatic carbocycles. The molecule has 0 bridgehead atoms. The smallest absolute Gasteiger partial charge is 0.0173 e. The van der Waals surface area contributed by atoms with Crippen LogP contribution in [-0.2, 0) is 0 Å². The molecular formula is C10H18ClN. The van der Waals surface area contributed by atoms with Gasteiger partial charge in [0.1, 0.15) is 0 Å². The highest BCUT2D eigenvalue weighted by Gasteiger charge is 2.19. The maximum atomic E-state index is 5.52. The molecule has 0 aliphatic heterocycles. The Kier molecular flexibility index (Phi) is 4.70. The Bertz CT molecular complexity index is 150. The van der Waals surface area contributed by atoms with Gasteiger partial charge in [-0.05, 0) is 37.8 Å². The minimum atomic E-state index is 0.939. The van der Waals surface area contributed by atoms with E-state index in [-0.39, 0.29) is 0 Å². The Labute approximate surface area is 80.2 Å². The molecule has 70 valence electrons. The third kappa shape index (κ3) is 4.78. The lowest BCUT2D eigenvalue weighted by molar-refractivity contribution is 0.612. The first-order valence-corrected chi connectivity index (χ1v) is 5.23. The van der Waals surface area contributed by atoms with Gasteiger partial charge in [-0.15, -0.1) is 0 Å². The van der Waals surface area contributed by atoms with Gasteiger partial charge >= 0.3 is 0 Å². The van der Waals surface area contributed by atoms with Crippen LogP contribution >= 0.6 is 11.6 Å². The summed E-state index contributed by atoms with van der Waals surface area (Å²) in [6.07, 6.45) is 5.68. The van der Waals surface area contributed by atoms with Gasteiger partial charge < -0.3 is 5.32 Å². The zero-order valence-corrected chi connectivity index (χ0v) is 8.53. The molecular weight excluding hydrogens is 170 g/mol. The average Bonchev–Trinajstić information content (AvgIpc) is 2.87. The first kappa shape index (κ1) is 10.1. The van der Waals surface area contributed by atoms with Gasteiger partial charge in [-0.25, -0.2) is 0 Å². The Morgan fingerprint density at radius 3 is 2.92 bits per heavy atom. The zero-order chi connectivity index (χ0) is 8.81. The fraction of sp³-hybridized carbons (Fsp3) is 0.800. The highest BCUT2D eigenvalue weighted by atomic mass is 35.5. The highest BCUT2D eigenvalue weighted by molar-refractivity contribution is 6.25. The van der Waals surface area contributed by atoms with E-state index in [0.717, 1.165) is 19.0 Å². The molecule has 0 aromatic heterocycles. The van der Waals surface area contributed by atoms with Crippen LogP contribution < -0.4 is 5.32 Å². The van der Waals surface area contributed by atoms with Crippen LogP contribution in [0.15, 0.2) is 11.1 Å². The summed E-state index contributed by atoms with van der Waals surface area (Å²) in [7, 11) is 0. The average molecular weight is 188 g/mol. The summed E-state index contributed by atoms with van der Waals surface area (Å²) in [6.45, 7) is 4.12. The van der Waals surface area contributed by atoms with Gasteiger partial charge in [0.15, 0.2) is 0 Å². The Balaban J connectivity index is 1.81. The third-order valence-corrected chi connectivity index (χ3v) is 2.63. The lowest BCUT2D eigenvalue weighted by Crippen LogP contribution is -2.17. The summed E-state index contributed by atoms with van der Waals surface area (Å²) in [6, 6.07) is 0. The molecule has 0 radical (unpaired) electrons. The zero-order valence-electron chi connectivity index (χ0n) is 7.78. The third-order valence-electron chi connectivity index (χ3n) is 2.25. The van der Waals surface area contributed by atoms with E-state index in [2.05, 4.69) is 5.32 Å². The fourth-order valence-electron chi connectivity index (χ4n) is 1.25. The van der Waals surface area contributed by atoms with E-state index in [9.17, 15) is 0 Å². The van der Waals surface area contributed by atoms with Gasteiger partial charge in [0.2, 0.25) is 0 Å². The van der Waals surface area contributed by atoms with Crippen molar-refractivity contribution in [1.82, 2.24) is 5.32 Å². The predicted molar refractivity (Wildman–Crippen MR) is 54.4 cm³/mol. The maximum absolute atomic E-state index is 5.52. The van der Waals surface area contributed by atoms with Crippen molar-refractivity contribution in [2.24, 2.45) is 5.92 Å².